The van der Waals surface area contributed by atoms with E-state index in [0.29, 0.717) is 21.7 Å². The molecule has 2 N–H and O–H groups in total. The van der Waals surface area contributed by atoms with Gasteiger partial charge in [-0.15, -0.1) is 0 Å². The van der Waals surface area contributed by atoms with E-state index >= 15 is 0 Å². The predicted molar refractivity (Wildman–Crippen MR) is 91.8 cm³/mol. The average molecular weight is 383 g/mol. The highest BCUT2D eigenvalue weighted by atomic mass is 79.9. The Kier molecular flexibility index (Phi) is 5.71. The normalized spacial score (nSPS) is 10.7. The maximum absolute atomic E-state index is 13.7. The molecule has 0 aromatic heterocycles. The Morgan fingerprint density at radius 1 is 1.22 bits per heavy atom. The molecule has 0 aliphatic rings. The third-order valence-corrected chi connectivity index (χ3v) is 3.69. The Bertz CT molecular complexity index is 720. The molecule has 3 nitrogen and oxygen atoms in total. The fourth-order valence-corrected chi connectivity index (χ4v) is 2.33. The van der Waals surface area contributed by atoms with Crippen LogP contribution < -0.4 is 10.1 Å². The van der Waals surface area contributed by atoms with Gasteiger partial charge in [-0.3, -0.25) is 0 Å². The zero-order valence-corrected chi connectivity index (χ0v) is 14.4. The van der Waals surface area contributed by atoms with Crippen LogP contribution in [0.1, 0.15) is 19.4 Å². The van der Waals surface area contributed by atoms with Crippen molar-refractivity contribution in [1.82, 2.24) is 0 Å². The van der Waals surface area contributed by atoms with Crippen LogP contribution in [0.3, 0.4) is 0 Å². The minimum absolute atomic E-state index is 0.0779. The quantitative estimate of drug-likeness (QED) is 0.640. The lowest BCUT2D eigenvalue weighted by molar-refractivity contribution is 0.435. The molecule has 0 fully saturated rings. The van der Waals surface area contributed by atoms with Gasteiger partial charge in [-0.2, -0.15) is 0 Å². The van der Waals surface area contributed by atoms with Crippen LogP contribution in [0.5, 0.6) is 11.5 Å². The molecule has 0 bridgehead atoms. The van der Waals surface area contributed by atoms with Crippen LogP contribution in [-0.2, 0) is 0 Å². The van der Waals surface area contributed by atoms with Gasteiger partial charge in [-0.25, -0.2) is 8.78 Å². The molecule has 2 rings (SSSR count). The molecule has 2 aromatic carbocycles. The van der Waals surface area contributed by atoms with Crippen molar-refractivity contribution in [3.05, 3.63) is 52.0 Å². The zero-order chi connectivity index (χ0) is 17.0. The molecule has 122 valence electrons. The summed E-state index contributed by atoms with van der Waals surface area (Å²) in [5.74, 6) is -0.718. The van der Waals surface area contributed by atoms with E-state index in [0.717, 1.165) is 24.4 Å². The third-order valence-electron chi connectivity index (χ3n) is 3.07. The topological polar surface area (TPSA) is 45.1 Å². The summed E-state index contributed by atoms with van der Waals surface area (Å²) in [7, 11) is 0. The van der Waals surface area contributed by atoms with E-state index in [4.69, 9.17) is 10.1 Å². The molecule has 0 spiro atoms. The van der Waals surface area contributed by atoms with E-state index in [2.05, 4.69) is 35.1 Å². The molecule has 23 heavy (non-hydrogen) atoms. The smallest absolute Gasteiger partial charge is 0.168 e. The molecule has 0 atom stereocenters. The van der Waals surface area contributed by atoms with E-state index in [9.17, 15) is 8.78 Å². The lowest BCUT2D eigenvalue weighted by atomic mass is 10.1. The molecule has 0 aliphatic heterocycles. The number of ether oxygens (including phenoxy) is 1. The summed E-state index contributed by atoms with van der Waals surface area (Å²) in [5.41, 5.74) is 1.40. The highest BCUT2D eigenvalue weighted by molar-refractivity contribution is 9.10. The van der Waals surface area contributed by atoms with Gasteiger partial charge in [0.2, 0.25) is 0 Å². The molecule has 0 radical (unpaired) electrons. The molecular weight excluding hydrogens is 366 g/mol. The number of anilines is 1. The highest BCUT2D eigenvalue weighted by Gasteiger charge is 2.12. The summed E-state index contributed by atoms with van der Waals surface area (Å²) in [4.78, 5) is 0. The second kappa shape index (κ2) is 7.55. The van der Waals surface area contributed by atoms with Crippen LogP contribution in [0.2, 0.25) is 0 Å². The predicted octanol–water partition coefficient (Wildman–Crippen LogP) is 5.59. The van der Waals surface area contributed by atoms with Crippen molar-refractivity contribution in [3.8, 4) is 11.5 Å². The molecule has 0 unspecified atom stereocenters. The van der Waals surface area contributed by atoms with Gasteiger partial charge in [-0.05, 0) is 46.1 Å². The van der Waals surface area contributed by atoms with Gasteiger partial charge >= 0.3 is 0 Å². The Hall–Kier alpha value is -1.95. The van der Waals surface area contributed by atoms with E-state index in [1.165, 1.54) is 12.3 Å². The van der Waals surface area contributed by atoms with Crippen LogP contribution >= 0.6 is 15.9 Å². The first kappa shape index (κ1) is 17.4. The molecule has 2 aromatic rings. The second-order valence-electron chi connectivity index (χ2n) is 5.47. The Morgan fingerprint density at radius 2 is 1.96 bits per heavy atom. The van der Waals surface area contributed by atoms with Crippen molar-refractivity contribution in [2.75, 3.05) is 11.9 Å². The lowest BCUT2D eigenvalue weighted by Gasteiger charge is -2.15. The molecule has 0 saturated heterocycles. The molecule has 6 heteroatoms. The Labute approximate surface area is 142 Å². The summed E-state index contributed by atoms with van der Waals surface area (Å²) in [6.07, 6.45) is 1.20. The second-order valence-corrected chi connectivity index (χ2v) is 6.32. The maximum Gasteiger partial charge on any atom is 0.168 e. The number of rotatable bonds is 6. The van der Waals surface area contributed by atoms with Crippen molar-refractivity contribution in [2.24, 2.45) is 5.92 Å². The molecule has 0 amide bonds. The van der Waals surface area contributed by atoms with Crippen molar-refractivity contribution in [2.45, 2.75) is 13.8 Å². The van der Waals surface area contributed by atoms with Crippen LogP contribution in [-0.4, -0.2) is 12.8 Å². The number of hydrogen-bond donors (Lipinski definition) is 2. The van der Waals surface area contributed by atoms with Crippen molar-refractivity contribution < 1.29 is 13.5 Å². The molecule has 0 saturated carbocycles. The molecule has 0 heterocycles. The van der Waals surface area contributed by atoms with Crippen molar-refractivity contribution in [1.29, 1.82) is 5.41 Å². The zero-order valence-electron chi connectivity index (χ0n) is 12.8. The van der Waals surface area contributed by atoms with Crippen LogP contribution in [0.15, 0.2) is 34.8 Å². The first-order valence-electron chi connectivity index (χ1n) is 7.11. The minimum Gasteiger partial charge on any atom is -0.453 e. The number of hydrogen-bond acceptors (Lipinski definition) is 3. The Balaban J connectivity index is 2.30. The fraction of sp³-hybridized carbons (Fsp3) is 0.235. The lowest BCUT2D eigenvalue weighted by Crippen LogP contribution is -2.09. The van der Waals surface area contributed by atoms with Crippen LogP contribution in [0.4, 0.5) is 14.5 Å². The monoisotopic (exact) mass is 382 g/mol. The summed E-state index contributed by atoms with van der Waals surface area (Å²) < 4.78 is 32.8. The van der Waals surface area contributed by atoms with Gasteiger partial charge in [0.15, 0.2) is 11.6 Å². The third kappa shape index (κ3) is 4.51. The highest BCUT2D eigenvalue weighted by Crippen LogP contribution is 2.35. The Morgan fingerprint density at radius 3 is 2.57 bits per heavy atom. The summed E-state index contributed by atoms with van der Waals surface area (Å²) >= 11 is 3.38. The first-order chi connectivity index (χ1) is 10.9. The summed E-state index contributed by atoms with van der Waals surface area (Å²) in [6, 6.07) is 6.52. The van der Waals surface area contributed by atoms with Crippen molar-refractivity contribution in [3.63, 3.8) is 0 Å². The fourth-order valence-electron chi connectivity index (χ4n) is 1.91. The SMILES string of the molecule is CC(C)CNc1cc(Br)c(Oc2ccc(F)cc2F)cc1C=N. The van der Waals surface area contributed by atoms with E-state index in [-0.39, 0.29) is 5.75 Å². The summed E-state index contributed by atoms with van der Waals surface area (Å²) in [5, 5.41) is 10.8. The first-order valence-corrected chi connectivity index (χ1v) is 7.90. The standard InChI is InChI=1S/C17H17BrF2N2O/c1-10(2)9-22-15-7-13(18)17(5-11(15)8-21)23-16-4-3-12(19)6-14(16)20/h3-8,10,21-22H,9H2,1-2H3. The molecular formula is C17H17BrF2N2O. The van der Waals surface area contributed by atoms with E-state index < -0.39 is 11.6 Å². The molecule has 0 aliphatic carbocycles. The van der Waals surface area contributed by atoms with Gasteiger partial charge in [-0.1, -0.05) is 13.8 Å². The van der Waals surface area contributed by atoms with Crippen LogP contribution in [0.25, 0.3) is 0 Å². The number of nitrogens with one attached hydrogen (secondary N) is 2. The summed E-state index contributed by atoms with van der Waals surface area (Å²) in [6.45, 7) is 4.93. The van der Waals surface area contributed by atoms with Gasteiger partial charge < -0.3 is 15.5 Å². The maximum atomic E-state index is 13.7. The van der Waals surface area contributed by atoms with E-state index in [1.807, 2.05) is 0 Å². The van der Waals surface area contributed by atoms with Gasteiger partial charge in [0.25, 0.3) is 0 Å². The van der Waals surface area contributed by atoms with Gasteiger partial charge in [0.1, 0.15) is 11.6 Å². The number of benzene rings is 2. The van der Waals surface area contributed by atoms with Crippen molar-refractivity contribution >= 4 is 27.8 Å². The van der Waals surface area contributed by atoms with Crippen LogP contribution in [0, 0.1) is 23.0 Å². The number of halogens is 3. The largest absolute Gasteiger partial charge is 0.453 e. The minimum atomic E-state index is -0.782. The van der Waals surface area contributed by atoms with Gasteiger partial charge in [0, 0.05) is 30.1 Å². The average Bonchev–Trinajstić information content (AvgIpc) is 2.49. The van der Waals surface area contributed by atoms with E-state index in [1.54, 1.807) is 12.1 Å². The van der Waals surface area contributed by atoms with Gasteiger partial charge in [0.05, 0.1) is 4.47 Å².